The lowest BCUT2D eigenvalue weighted by molar-refractivity contribution is -0.361. The second-order valence-corrected chi connectivity index (χ2v) is 25.8. The maximum atomic E-state index is 15.1. The largest absolute Gasteiger partial charge is 0.432 e. The van der Waals surface area contributed by atoms with Crippen LogP contribution in [0.4, 0.5) is 0 Å². The molecule has 0 radical (unpaired) electrons. The van der Waals surface area contributed by atoms with E-state index >= 15 is 4.79 Å². The summed E-state index contributed by atoms with van der Waals surface area (Å²) < 4.78 is 47.1. The number of ether oxygens (including phenoxy) is 8. The summed E-state index contributed by atoms with van der Waals surface area (Å²) in [5, 5.41) is 128. The van der Waals surface area contributed by atoms with Crippen molar-refractivity contribution in [3.8, 4) is 0 Å². The van der Waals surface area contributed by atoms with Crippen LogP contribution in [0.15, 0.2) is 11.6 Å². The molecule has 21 heteroatoms. The molecule has 0 aromatic rings. The average molecular weight is 1060 g/mol. The van der Waals surface area contributed by atoms with E-state index in [1.807, 2.05) is 0 Å². The Bertz CT molecular complexity index is 2040. The number of carbonyl (C=O) groups is 1. The first kappa shape index (κ1) is 57.1. The van der Waals surface area contributed by atoms with Gasteiger partial charge in [-0.3, -0.25) is 4.79 Å². The summed E-state index contributed by atoms with van der Waals surface area (Å²) in [5.41, 5.74) is -0.647. The molecule has 5 aliphatic carbocycles. The lowest BCUT2D eigenvalue weighted by atomic mass is 9.33. The van der Waals surface area contributed by atoms with Gasteiger partial charge in [-0.1, -0.05) is 60.1 Å². The van der Waals surface area contributed by atoms with Crippen LogP contribution < -0.4 is 0 Å². The number of hydrogen-bond donors (Lipinski definition) is 12. The first-order valence-corrected chi connectivity index (χ1v) is 27.1. The number of allylic oxidation sites excluding steroid dienone is 2. The van der Waals surface area contributed by atoms with Crippen LogP contribution in [0.1, 0.15) is 120 Å². The lowest BCUT2D eigenvalue weighted by Crippen LogP contribution is -2.66. The predicted octanol–water partition coefficient (Wildman–Crippen LogP) is -0.369. The van der Waals surface area contributed by atoms with Crippen LogP contribution in [-0.2, 0) is 42.7 Å². The van der Waals surface area contributed by atoms with Crippen molar-refractivity contribution in [2.45, 2.75) is 242 Å². The van der Waals surface area contributed by atoms with Crippen LogP contribution in [0.25, 0.3) is 0 Å². The molecule has 0 aromatic heterocycles. The van der Waals surface area contributed by atoms with Crippen LogP contribution in [-0.4, -0.2) is 210 Å². The Hall–Kier alpha value is -1.55. The molecule has 0 bridgehead atoms. The SMILES string of the molecule is C[C@@H]1O[C@@H](O[C@H]2[C@H](O)[C@@H](O)[C@H](OC[C@H]3O[C@@H](OC(=O)[C@]45CCC(C)(C)C[C@H]4C4=CC[C@@H]6[C@@]7(C)CC[C@H](O[C@@H]8OC[C@H](O)[C@H](O)[C@H]8O)C(C)(C)[C@@H]7CC[C@@]6(C)[C@]4(C)CC5)[C@H](O)[C@@H](O)[C@@H]3O)O[C@@H]2CO)[C@H](O)[C@@H](O)[C@H]1O. The van der Waals surface area contributed by atoms with Gasteiger partial charge in [0.05, 0.1) is 37.4 Å². The Labute approximate surface area is 433 Å². The van der Waals surface area contributed by atoms with Gasteiger partial charge in [0.1, 0.15) is 85.5 Å². The molecule has 9 aliphatic rings. The first-order chi connectivity index (χ1) is 34.6. The van der Waals surface area contributed by atoms with Crippen LogP contribution in [0, 0.1) is 50.2 Å². The van der Waals surface area contributed by atoms with Gasteiger partial charge in [-0.25, -0.2) is 0 Å². The van der Waals surface area contributed by atoms with E-state index in [1.54, 1.807) is 0 Å². The third-order valence-electron chi connectivity index (χ3n) is 21.0. The molecule has 0 spiro atoms. The zero-order chi connectivity index (χ0) is 54.0. The van der Waals surface area contributed by atoms with Crippen LogP contribution >= 0.6 is 0 Å². The van der Waals surface area contributed by atoms with Crippen molar-refractivity contribution < 1.29 is 104 Å². The van der Waals surface area contributed by atoms with Crippen molar-refractivity contribution in [2.24, 2.45) is 50.2 Å². The zero-order valence-corrected chi connectivity index (χ0v) is 44.1. The Balaban J connectivity index is 0.891. The molecule has 74 heavy (non-hydrogen) atoms. The molecule has 8 fully saturated rings. The fraction of sp³-hybridized carbons (Fsp3) is 0.943. The number of fused-ring (bicyclic) bond motifs is 7. The predicted molar refractivity (Wildman–Crippen MR) is 255 cm³/mol. The molecule has 0 amide bonds. The molecule has 4 aliphatic heterocycles. The zero-order valence-electron chi connectivity index (χ0n) is 44.1. The van der Waals surface area contributed by atoms with Crippen molar-refractivity contribution >= 4 is 5.97 Å². The van der Waals surface area contributed by atoms with E-state index in [4.69, 9.17) is 37.9 Å². The Kier molecular flexibility index (Phi) is 15.8. The number of aliphatic hydroxyl groups excluding tert-OH is 12. The summed E-state index contributed by atoms with van der Waals surface area (Å²) in [6.07, 6.45) is -19.6. The second-order valence-electron chi connectivity index (χ2n) is 25.8. The van der Waals surface area contributed by atoms with E-state index in [0.29, 0.717) is 25.2 Å². The van der Waals surface area contributed by atoms with Crippen LogP contribution in [0.5, 0.6) is 0 Å². The van der Waals surface area contributed by atoms with Gasteiger partial charge in [0.25, 0.3) is 0 Å². The maximum absolute atomic E-state index is 15.1. The molecule has 21 nitrogen and oxygen atoms in total. The number of esters is 1. The smallest absolute Gasteiger partial charge is 0.315 e. The van der Waals surface area contributed by atoms with Gasteiger partial charge in [-0.05, 0) is 116 Å². The van der Waals surface area contributed by atoms with Crippen molar-refractivity contribution in [2.75, 3.05) is 19.8 Å². The standard InChI is InChI=1S/C53H86O21/c1-23-32(56)35(59)39(63)45(69-23)73-42-27(20-54)70-43(41(65)37(42)61)68-22-28-34(58)36(60)40(64)46(71-28)74-47(66)53-17-15-48(2,3)19-25(53)24-9-10-30-50(6)13-12-31(72-44-38(62)33(57)26(55)21-67-44)49(4,5)29(50)11-14-52(30,8)51(24,7)16-18-53/h9,23,25-46,54-65H,10-22H2,1-8H3/t23-,25-,26-,27+,28+,29-,30+,31-,32-,33-,34+,35-,36-,37+,38+,39+,40+,41+,42+,43+,44-,45-,46-,50-,51+,52+,53-/m0/s1. The van der Waals surface area contributed by atoms with E-state index < -0.39 is 141 Å². The average Bonchev–Trinajstić information content (AvgIpc) is 3.34. The van der Waals surface area contributed by atoms with Crippen molar-refractivity contribution in [3.05, 3.63) is 11.6 Å². The van der Waals surface area contributed by atoms with Gasteiger partial charge in [0.2, 0.25) is 6.29 Å². The molecule has 4 heterocycles. The normalized spacial score (nSPS) is 54.1. The monoisotopic (exact) mass is 1060 g/mol. The highest BCUT2D eigenvalue weighted by Crippen LogP contribution is 2.76. The highest BCUT2D eigenvalue weighted by molar-refractivity contribution is 5.79. The highest BCUT2D eigenvalue weighted by Gasteiger charge is 2.70. The number of carbonyl (C=O) groups excluding carboxylic acids is 1. The van der Waals surface area contributed by atoms with E-state index in [2.05, 4.69) is 54.5 Å². The Morgan fingerprint density at radius 3 is 1.97 bits per heavy atom. The third-order valence-corrected chi connectivity index (χ3v) is 21.0. The molecule has 0 unspecified atom stereocenters. The molecular formula is C53H86O21. The molecule has 9 rings (SSSR count). The Morgan fingerprint density at radius 1 is 0.635 bits per heavy atom. The summed E-state index contributed by atoms with van der Waals surface area (Å²) >= 11 is 0. The molecule has 27 atom stereocenters. The molecule has 424 valence electrons. The lowest BCUT2D eigenvalue weighted by Gasteiger charge is -2.71. The van der Waals surface area contributed by atoms with Gasteiger partial charge >= 0.3 is 5.97 Å². The Morgan fingerprint density at radius 2 is 1.27 bits per heavy atom. The van der Waals surface area contributed by atoms with Gasteiger partial charge in [0.15, 0.2) is 18.9 Å². The molecule has 4 saturated carbocycles. The van der Waals surface area contributed by atoms with E-state index in [-0.39, 0.29) is 51.6 Å². The summed E-state index contributed by atoms with van der Waals surface area (Å²) in [5.74, 6) is -0.203. The summed E-state index contributed by atoms with van der Waals surface area (Å²) in [6.45, 7) is 16.1. The van der Waals surface area contributed by atoms with Gasteiger partial charge < -0.3 is 99.2 Å². The number of rotatable bonds is 10. The molecule has 4 saturated heterocycles. The van der Waals surface area contributed by atoms with E-state index in [0.717, 1.165) is 44.9 Å². The quantitative estimate of drug-likeness (QED) is 0.0755. The maximum Gasteiger partial charge on any atom is 0.315 e. The highest BCUT2D eigenvalue weighted by atomic mass is 16.8. The van der Waals surface area contributed by atoms with Gasteiger partial charge in [-0.15, -0.1) is 0 Å². The fourth-order valence-corrected chi connectivity index (χ4v) is 16.1. The van der Waals surface area contributed by atoms with Crippen molar-refractivity contribution in [1.82, 2.24) is 0 Å². The summed E-state index contributed by atoms with van der Waals surface area (Å²) in [7, 11) is 0. The van der Waals surface area contributed by atoms with Gasteiger partial charge in [0, 0.05) is 0 Å². The van der Waals surface area contributed by atoms with Gasteiger partial charge in [-0.2, -0.15) is 0 Å². The fourth-order valence-electron chi connectivity index (χ4n) is 16.1. The molecular weight excluding hydrogens is 973 g/mol. The minimum atomic E-state index is -1.86. The summed E-state index contributed by atoms with van der Waals surface area (Å²) in [6, 6.07) is 0. The van der Waals surface area contributed by atoms with Crippen LogP contribution in [0.3, 0.4) is 0 Å². The minimum Gasteiger partial charge on any atom is -0.432 e. The van der Waals surface area contributed by atoms with E-state index in [1.165, 1.54) is 12.5 Å². The van der Waals surface area contributed by atoms with E-state index in [9.17, 15) is 61.3 Å². The number of aliphatic hydroxyl groups is 12. The molecule has 0 aromatic carbocycles. The third kappa shape index (κ3) is 9.27. The molecule has 12 N–H and O–H groups in total. The van der Waals surface area contributed by atoms with Crippen molar-refractivity contribution in [1.29, 1.82) is 0 Å². The van der Waals surface area contributed by atoms with Crippen molar-refractivity contribution in [3.63, 3.8) is 0 Å². The first-order valence-electron chi connectivity index (χ1n) is 27.1. The second kappa shape index (κ2) is 20.5. The number of hydrogen-bond acceptors (Lipinski definition) is 21. The summed E-state index contributed by atoms with van der Waals surface area (Å²) in [4.78, 5) is 15.1. The van der Waals surface area contributed by atoms with Crippen LogP contribution in [0.2, 0.25) is 0 Å². The minimum absolute atomic E-state index is 0.0778. The topological polar surface area (TPSA) is 334 Å².